The second kappa shape index (κ2) is 7.78. The van der Waals surface area contributed by atoms with E-state index in [9.17, 15) is 31.5 Å². The first-order valence-corrected chi connectivity index (χ1v) is 15.2. The van der Waals surface area contributed by atoms with Crippen molar-refractivity contribution < 1.29 is 36.2 Å². The lowest BCUT2D eigenvalue weighted by Crippen LogP contribution is -2.51. The third-order valence-corrected chi connectivity index (χ3v) is 10.3. The molecule has 176 valence electrons. The highest BCUT2D eigenvalue weighted by Crippen LogP contribution is 2.41. The smallest absolute Gasteiger partial charge is 0.416 e. The summed E-state index contributed by atoms with van der Waals surface area (Å²) < 4.78 is 68.0. The van der Waals surface area contributed by atoms with Crippen LogP contribution in [0, 0.1) is 6.92 Å². The van der Waals surface area contributed by atoms with E-state index in [1.54, 1.807) is 0 Å². The molecule has 0 aromatic heterocycles. The third-order valence-electron chi connectivity index (χ3n) is 6.02. The minimum absolute atomic E-state index is 0.193. The standard InChI is InChI=1S/C20H26F3N3O4SSi/c1-12-15(20(21,22)23)8-13(32(2,3)4)9-18(12)31(29,30)17-7-5-6-16-14(17)10-25-26(16,24)11-19(27)28/h8-10,17H,5-7,11,24H2,1-4H3/p+1/t17-,26?/m1/s1. The zero-order valence-corrected chi connectivity index (χ0v) is 20.1. The Morgan fingerprint density at radius 2 is 1.94 bits per heavy atom. The summed E-state index contributed by atoms with van der Waals surface area (Å²) in [5, 5.41) is 12.5. The van der Waals surface area contributed by atoms with Crippen molar-refractivity contribution in [1.29, 1.82) is 0 Å². The molecule has 0 bridgehead atoms. The van der Waals surface area contributed by atoms with Gasteiger partial charge in [-0.25, -0.2) is 13.2 Å². The van der Waals surface area contributed by atoms with Crippen LogP contribution in [0.2, 0.25) is 19.6 Å². The molecule has 1 unspecified atom stereocenters. The minimum Gasteiger partial charge on any atom is -0.477 e. The second-order valence-electron chi connectivity index (χ2n) is 9.35. The maximum atomic E-state index is 13.8. The van der Waals surface area contributed by atoms with Gasteiger partial charge in [-0.2, -0.15) is 13.2 Å². The van der Waals surface area contributed by atoms with E-state index in [1.165, 1.54) is 19.2 Å². The molecule has 1 heterocycles. The van der Waals surface area contributed by atoms with Crippen molar-refractivity contribution in [2.24, 2.45) is 10.9 Å². The van der Waals surface area contributed by atoms with Crippen LogP contribution in [0.3, 0.4) is 0 Å². The molecule has 12 heteroatoms. The first-order chi connectivity index (χ1) is 14.5. The highest BCUT2D eigenvalue weighted by atomic mass is 32.2. The van der Waals surface area contributed by atoms with Gasteiger partial charge in [0, 0.05) is 6.42 Å². The van der Waals surface area contributed by atoms with Gasteiger partial charge in [-0.1, -0.05) is 40.7 Å². The average molecular weight is 491 g/mol. The third kappa shape index (κ3) is 4.28. The summed E-state index contributed by atoms with van der Waals surface area (Å²) in [5.41, 5.74) is -0.620. The van der Waals surface area contributed by atoms with Gasteiger partial charge in [0.25, 0.3) is 0 Å². The van der Waals surface area contributed by atoms with Crippen LogP contribution >= 0.6 is 0 Å². The van der Waals surface area contributed by atoms with Crippen molar-refractivity contribution in [2.75, 3.05) is 6.54 Å². The van der Waals surface area contributed by atoms with Crippen LogP contribution < -0.4 is 11.0 Å². The molecule has 0 amide bonds. The number of hydrogen-bond donors (Lipinski definition) is 2. The molecule has 7 nitrogen and oxygen atoms in total. The molecule has 0 fully saturated rings. The normalized spacial score (nSPS) is 24.1. The lowest BCUT2D eigenvalue weighted by Gasteiger charge is -2.29. The Hall–Kier alpha value is -2.02. The van der Waals surface area contributed by atoms with Gasteiger partial charge in [0.2, 0.25) is 6.54 Å². The van der Waals surface area contributed by atoms with Crippen molar-refractivity contribution >= 4 is 35.3 Å². The fourth-order valence-electron chi connectivity index (χ4n) is 4.28. The van der Waals surface area contributed by atoms with Gasteiger partial charge in [0.05, 0.1) is 35.6 Å². The molecule has 3 N–H and O–H groups in total. The zero-order chi connectivity index (χ0) is 24.3. The quantitative estimate of drug-likeness (QED) is 0.375. The number of alkyl halides is 3. The van der Waals surface area contributed by atoms with Gasteiger partial charge >= 0.3 is 12.1 Å². The largest absolute Gasteiger partial charge is 0.477 e. The molecule has 3 rings (SSSR count). The predicted octanol–water partition coefficient (Wildman–Crippen LogP) is 2.91. The van der Waals surface area contributed by atoms with Crippen molar-refractivity contribution in [1.82, 2.24) is 0 Å². The van der Waals surface area contributed by atoms with Gasteiger partial charge in [0.15, 0.2) is 15.5 Å². The summed E-state index contributed by atoms with van der Waals surface area (Å²) >= 11 is 0. The van der Waals surface area contributed by atoms with Gasteiger partial charge < -0.3 is 5.11 Å². The summed E-state index contributed by atoms with van der Waals surface area (Å²) in [7, 11) is -6.52. The Labute approximate surface area is 185 Å². The summed E-state index contributed by atoms with van der Waals surface area (Å²) in [6, 6.07) is 2.45. The van der Waals surface area contributed by atoms with Crippen LogP contribution in [-0.2, 0) is 20.8 Å². The van der Waals surface area contributed by atoms with Crippen molar-refractivity contribution in [3.8, 4) is 0 Å². The fraction of sp³-hybridized carbons (Fsp3) is 0.500. The van der Waals surface area contributed by atoms with Crippen LogP contribution in [0.25, 0.3) is 0 Å². The van der Waals surface area contributed by atoms with E-state index in [4.69, 9.17) is 5.84 Å². The van der Waals surface area contributed by atoms with Gasteiger partial charge in [-0.3, -0.25) is 0 Å². The molecule has 1 aliphatic carbocycles. The Morgan fingerprint density at radius 1 is 1.31 bits per heavy atom. The SMILES string of the molecule is Cc1c(C(F)(F)F)cc([Si](C)(C)C)cc1S(=O)(=O)[C@@H]1CCCC2=C1C=N[N+]2(N)CC(=O)O. The molecule has 0 saturated heterocycles. The number of carbonyl (C=O) groups is 1. The number of quaternary nitrogens is 1. The van der Waals surface area contributed by atoms with Crippen molar-refractivity contribution in [2.45, 2.75) is 62.1 Å². The summed E-state index contributed by atoms with van der Waals surface area (Å²) in [6.45, 7) is 6.18. The molecule has 32 heavy (non-hydrogen) atoms. The first kappa shape index (κ1) is 24.6. The van der Waals surface area contributed by atoms with E-state index in [0.717, 1.165) is 6.07 Å². The molecule has 1 aromatic rings. The van der Waals surface area contributed by atoms with E-state index in [0.29, 0.717) is 23.7 Å². The molecular weight excluding hydrogens is 463 g/mol. The Bertz CT molecular complexity index is 1140. The predicted molar refractivity (Wildman–Crippen MR) is 116 cm³/mol. The van der Waals surface area contributed by atoms with Crippen molar-refractivity contribution in [3.63, 3.8) is 0 Å². The fourth-order valence-corrected chi connectivity index (χ4v) is 7.68. The van der Waals surface area contributed by atoms with Crippen LogP contribution in [0.5, 0.6) is 0 Å². The maximum Gasteiger partial charge on any atom is 0.416 e. The number of nitrogens with two attached hydrogens (primary N) is 1. The summed E-state index contributed by atoms with van der Waals surface area (Å²) in [6.07, 6.45) is -2.46. The summed E-state index contributed by atoms with van der Waals surface area (Å²) in [5.74, 6) is 4.92. The number of carboxylic acids is 1. The molecule has 0 saturated carbocycles. The number of nitrogens with zero attached hydrogens (tertiary/aromatic N) is 2. The lowest BCUT2D eigenvalue weighted by atomic mass is 9.96. The highest BCUT2D eigenvalue weighted by molar-refractivity contribution is 7.92. The lowest BCUT2D eigenvalue weighted by molar-refractivity contribution is -0.902. The monoisotopic (exact) mass is 490 g/mol. The van der Waals surface area contributed by atoms with Gasteiger partial charge in [-0.05, 0) is 31.4 Å². The van der Waals surface area contributed by atoms with Crippen LogP contribution in [-0.4, -0.2) is 50.3 Å². The number of rotatable bonds is 5. The molecule has 1 aromatic carbocycles. The topological polar surface area (TPSA) is 110 Å². The number of carboxylic acid groups (broad SMARTS) is 1. The Morgan fingerprint density at radius 3 is 2.47 bits per heavy atom. The van der Waals surface area contributed by atoms with Crippen LogP contribution in [0.4, 0.5) is 13.2 Å². The van der Waals surface area contributed by atoms with Crippen molar-refractivity contribution in [3.05, 3.63) is 34.5 Å². The van der Waals surface area contributed by atoms with Gasteiger partial charge in [-0.15, -0.1) is 5.84 Å². The molecule has 0 spiro atoms. The van der Waals surface area contributed by atoms with Crippen LogP contribution in [0.15, 0.2) is 33.4 Å². The highest BCUT2D eigenvalue weighted by Gasteiger charge is 2.48. The Balaban J connectivity index is 2.21. The van der Waals surface area contributed by atoms with E-state index in [1.807, 2.05) is 19.6 Å². The first-order valence-electron chi connectivity index (χ1n) is 10.1. The number of aliphatic carboxylic acids is 1. The van der Waals surface area contributed by atoms with E-state index < -0.39 is 52.1 Å². The number of halogens is 3. The molecule has 1 aliphatic heterocycles. The number of allylic oxidation sites excluding steroid dienone is 1. The molecule has 2 aliphatic rings. The van der Waals surface area contributed by atoms with E-state index in [2.05, 4.69) is 5.10 Å². The number of hydrogen-bond acceptors (Lipinski definition) is 5. The van der Waals surface area contributed by atoms with Crippen LogP contribution in [0.1, 0.15) is 30.4 Å². The average Bonchev–Trinajstić information content (AvgIpc) is 2.95. The molecule has 0 radical (unpaired) electrons. The Kier molecular flexibility index (Phi) is 5.99. The summed E-state index contributed by atoms with van der Waals surface area (Å²) in [4.78, 5) is 10.9. The maximum absolute atomic E-state index is 13.8. The number of benzene rings is 1. The second-order valence-corrected chi connectivity index (χ2v) is 16.5. The number of sulfone groups is 1. The van der Waals surface area contributed by atoms with Gasteiger partial charge in [0.1, 0.15) is 0 Å². The minimum atomic E-state index is -4.69. The van der Waals surface area contributed by atoms with E-state index in [-0.39, 0.29) is 22.5 Å². The van der Waals surface area contributed by atoms with E-state index >= 15 is 0 Å². The zero-order valence-electron chi connectivity index (χ0n) is 18.3. The molecule has 2 atom stereocenters. The molecular formula is C20H27F3N3O4SSi+.